The summed E-state index contributed by atoms with van der Waals surface area (Å²) in [5.74, 6) is -4.69. The number of amides is 1. The predicted molar refractivity (Wildman–Crippen MR) is 114 cm³/mol. The van der Waals surface area contributed by atoms with Gasteiger partial charge >= 0.3 is 11.9 Å². The van der Waals surface area contributed by atoms with Crippen LogP contribution in [0.5, 0.6) is 0 Å². The van der Waals surface area contributed by atoms with Crippen LogP contribution < -0.4 is 0 Å². The van der Waals surface area contributed by atoms with Gasteiger partial charge in [-0.05, 0) is 36.6 Å². The number of benzene rings is 1. The van der Waals surface area contributed by atoms with Gasteiger partial charge in [0.2, 0.25) is 5.91 Å². The Hall–Kier alpha value is -2.48. The van der Waals surface area contributed by atoms with Gasteiger partial charge in [0.1, 0.15) is 6.04 Å². The van der Waals surface area contributed by atoms with Crippen molar-refractivity contribution >= 4 is 45.6 Å². The van der Waals surface area contributed by atoms with E-state index in [4.69, 9.17) is 9.47 Å². The maximum Gasteiger partial charge on any atom is 0.328 e. The van der Waals surface area contributed by atoms with E-state index in [0.717, 1.165) is 10.0 Å². The summed E-state index contributed by atoms with van der Waals surface area (Å²) in [6.45, 7) is 5.26. The molecule has 1 heterocycles. The monoisotopic (exact) mass is 479 g/mol. The molecule has 162 valence electrons. The van der Waals surface area contributed by atoms with Crippen LogP contribution in [0, 0.1) is 11.8 Å². The van der Waals surface area contributed by atoms with Crippen LogP contribution in [0.4, 0.5) is 0 Å². The van der Waals surface area contributed by atoms with Crippen molar-refractivity contribution in [2.24, 2.45) is 11.8 Å². The lowest BCUT2D eigenvalue weighted by Crippen LogP contribution is -2.58. The molecular weight excluding hydrogens is 454 g/mol. The summed E-state index contributed by atoms with van der Waals surface area (Å²) < 4.78 is 10.8. The van der Waals surface area contributed by atoms with Gasteiger partial charge in [0, 0.05) is 10.0 Å². The summed E-state index contributed by atoms with van der Waals surface area (Å²) in [6, 6.07) is 6.34. The highest BCUT2D eigenvalue weighted by Crippen LogP contribution is 2.28. The first-order chi connectivity index (χ1) is 14.2. The molecule has 7 nitrogen and oxygen atoms in total. The standard InChI is InChI=1S/C22H26BrNO6/c1-5-13(3)18(22(28)29-4)24-12-15(11-14-7-9-16(23)10-8-14)19(25)17(20(24)26)21(27)30-6-2/h7-11,13,17-18H,5-6,12H2,1-4H3/b15-11+/t13?,17?,18-/m0/s1. The second-order valence-corrected chi connectivity index (χ2v) is 8.01. The van der Waals surface area contributed by atoms with Gasteiger partial charge in [-0.15, -0.1) is 0 Å². The molecule has 0 bridgehead atoms. The number of likely N-dealkylation sites (tertiary alicyclic amines) is 1. The SMILES string of the molecule is CCOC(=O)C1C(=O)/C(=C/c2ccc(Br)cc2)CN([C@H](C(=O)OC)C(C)CC)C1=O. The minimum absolute atomic E-state index is 0.0352. The van der Waals surface area contributed by atoms with Crippen molar-refractivity contribution in [2.45, 2.75) is 33.2 Å². The molecule has 0 saturated carbocycles. The smallest absolute Gasteiger partial charge is 0.328 e. The van der Waals surface area contributed by atoms with E-state index in [2.05, 4.69) is 15.9 Å². The molecule has 1 aliphatic rings. The molecule has 1 aromatic rings. The molecule has 1 aromatic carbocycles. The Kier molecular flexibility index (Phi) is 8.34. The van der Waals surface area contributed by atoms with Gasteiger partial charge in [-0.25, -0.2) is 4.79 Å². The van der Waals surface area contributed by atoms with Crippen LogP contribution in [0.3, 0.4) is 0 Å². The fourth-order valence-electron chi connectivity index (χ4n) is 3.36. The number of nitrogens with zero attached hydrogens (tertiary/aromatic N) is 1. The number of esters is 2. The van der Waals surface area contributed by atoms with Gasteiger partial charge < -0.3 is 14.4 Å². The number of hydrogen-bond donors (Lipinski definition) is 0. The lowest BCUT2D eigenvalue weighted by Gasteiger charge is -2.38. The summed E-state index contributed by atoms with van der Waals surface area (Å²) in [5, 5.41) is 0. The van der Waals surface area contributed by atoms with Crippen LogP contribution >= 0.6 is 15.9 Å². The number of halogens is 1. The molecular formula is C22H26BrNO6. The summed E-state index contributed by atoms with van der Waals surface area (Å²) in [7, 11) is 1.25. The normalized spacial score (nSPS) is 20.1. The summed E-state index contributed by atoms with van der Waals surface area (Å²) >= 11 is 3.36. The Morgan fingerprint density at radius 1 is 1.23 bits per heavy atom. The summed E-state index contributed by atoms with van der Waals surface area (Å²) in [4.78, 5) is 52.4. The number of piperidine rings is 1. The number of carbonyl (C=O) groups excluding carboxylic acids is 4. The van der Waals surface area contributed by atoms with Crippen molar-refractivity contribution in [3.05, 3.63) is 39.9 Å². The molecule has 1 aliphatic heterocycles. The van der Waals surface area contributed by atoms with Crippen molar-refractivity contribution in [2.75, 3.05) is 20.3 Å². The average molecular weight is 480 g/mol. The fraction of sp³-hybridized carbons (Fsp3) is 0.455. The number of ether oxygens (including phenoxy) is 2. The van der Waals surface area contributed by atoms with E-state index in [0.29, 0.717) is 6.42 Å². The molecule has 1 fully saturated rings. The maximum absolute atomic E-state index is 13.1. The van der Waals surface area contributed by atoms with E-state index in [9.17, 15) is 19.2 Å². The van der Waals surface area contributed by atoms with Gasteiger partial charge in [-0.3, -0.25) is 14.4 Å². The summed E-state index contributed by atoms with van der Waals surface area (Å²) in [5.41, 5.74) is 0.990. The molecule has 0 aliphatic carbocycles. The van der Waals surface area contributed by atoms with Gasteiger partial charge in [0.15, 0.2) is 11.7 Å². The number of hydrogen-bond acceptors (Lipinski definition) is 6. The van der Waals surface area contributed by atoms with E-state index in [1.807, 2.05) is 26.0 Å². The van der Waals surface area contributed by atoms with Crippen molar-refractivity contribution in [1.29, 1.82) is 0 Å². The Morgan fingerprint density at radius 3 is 2.40 bits per heavy atom. The van der Waals surface area contributed by atoms with Gasteiger partial charge in [0.25, 0.3) is 0 Å². The first-order valence-electron chi connectivity index (χ1n) is 9.80. The molecule has 1 amide bonds. The lowest BCUT2D eigenvalue weighted by molar-refractivity contribution is -0.166. The largest absolute Gasteiger partial charge is 0.467 e. The van der Waals surface area contributed by atoms with Crippen molar-refractivity contribution < 1.29 is 28.7 Å². The fourth-order valence-corrected chi connectivity index (χ4v) is 3.62. The van der Waals surface area contributed by atoms with Gasteiger partial charge in [-0.2, -0.15) is 0 Å². The second-order valence-electron chi connectivity index (χ2n) is 7.09. The highest BCUT2D eigenvalue weighted by molar-refractivity contribution is 9.10. The number of methoxy groups -OCH3 is 1. The minimum atomic E-state index is -1.63. The highest BCUT2D eigenvalue weighted by Gasteiger charge is 2.48. The molecule has 30 heavy (non-hydrogen) atoms. The number of rotatable bonds is 7. The first kappa shape index (κ1) is 23.8. The number of carbonyl (C=O) groups is 4. The molecule has 1 saturated heterocycles. The first-order valence-corrected chi connectivity index (χ1v) is 10.6. The van der Waals surface area contributed by atoms with Crippen LogP contribution in [0.15, 0.2) is 34.3 Å². The van der Waals surface area contributed by atoms with Crippen LogP contribution in [-0.4, -0.2) is 54.8 Å². The zero-order valence-electron chi connectivity index (χ0n) is 17.5. The average Bonchev–Trinajstić information content (AvgIpc) is 2.72. The Balaban J connectivity index is 2.54. The third kappa shape index (κ3) is 5.16. The molecule has 0 N–H and O–H groups in total. The molecule has 2 rings (SSSR count). The van der Waals surface area contributed by atoms with Crippen molar-refractivity contribution in [3.63, 3.8) is 0 Å². The molecule has 8 heteroatoms. The zero-order valence-corrected chi connectivity index (χ0v) is 19.1. The predicted octanol–water partition coefficient (Wildman–Crippen LogP) is 3.01. The molecule has 3 atom stereocenters. The maximum atomic E-state index is 13.1. The van der Waals surface area contributed by atoms with Crippen LogP contribution in [0.1, 0.15) is 32.8 Å². The van der Waals surface area contributed by atoms with Crippen LogP contribution in [-0.2, 0) is 28.7 Å². The zero-order chi connectivity index (χ0) is 22.4. The Bertz CT molecular complexity index is 848. The number of Topliss-reactive ketones (excluding diaryl/α,β-unsaturated/α-hetero) is 1. The van der Waals surface area contributed by atoms with Gasteiger partial charge in [-0.1, -0.05) is 48.3 Å². The van der Waals surface area contributed by atoms with Crippen molar-refractivity contribution in [1.82, 2.24) is 4.90 Å². The van der Waals surface area contributed by atoms with Crippen molar-refractivity contribution in [3.8, 4) is 0 Å². The van der Waals surface area contributed by atoms with Crippen LogP contribution in [0.25, 0.3) is 6.08 Å². The van der Waals surface area contributed by atoms with E-state index in [-0.39, 0.29) is 24.6 Å². The molecule has 0 spiro atoms. The topological polar surface area (TPSA) is 90.0 Å². The second kappa shape index (κ2) is 10.5. The van der Waals surface area contributed by atoms with E-state index in [1.54, 1.807) is 25.1 Å². The summed E-state index contributed by atoms with van der Waals surface area (Å²) in [6.07, 6.45) is 2.23. The third-order valence-corrected chi connectivity index (χ3v) is 5.67. The lowest BCUT2D eigenvalue weighted by atomic mass is 9.86. The molecule has 0 radical (unpaired) electrons. The highest BCUT2D eigenvalue weighted by atomic mass is 79.9. The quantitative estimate of drug-likeness (QED) is 0.339. The van der Waals surface area contributed by atoms with Gasteiger partial charge in [0.05, 0.1) is 20.3 Å². The van der Waals surface area contributed by atoms with E-state index >= 15 is 0 Å². The van der Waals surface area contributed by atoms with Crippen LogP contribution in [0.2, 0.25) is 0 Å². The van der Waals surface area contributed by atoms with E-state index < -0.39 is 35.6 Å². The molecule has 0 aromatic heterocycles. The molecule has 2 unspecified atom stereocenters. The Labute approximate surface area is 184 Å². The van der Waals surface area contributed by atoms with E-state index in [1.165, 1.54) is 12.0 Å². The third-order valence-electron chi connectivity index (χ3n) is 5.14. The number of ketones is 1. The Morgan fingerprint density at radius 2 is 1.87 bits per heavy atom. The minimum Gasteiger partial charge on any atom is -0.467 e.